The number of hydrogen-bond donors (Lipinski definition) is 0. The van der Waals surface area contributed by atoms with Gasteiger partial charge in [-0.2, -0.15) is 4.52 Å². The summed E-state index contributed by atoms with van der Waals surface area (Å²) < 4.78 is 20.6. The fourth-order valence-corrected chi connectivity index (χ4v) is 4.04. The molecule has 2 bridgehead atoms. The lowest BCUT2D eigenvalue weighted by atomic mass is 9.86. The second-order valence-electron chi connectivity index (χ2n) is 6.91. The molecule has 0 radical (unpaired) electrons. The number of halogens is 1. The van der Waals surface area contributed by atoms with Crippen molar-refractivity contribution in [2.75, 3.05) is 25.1 Å². The molecule has 7 nitrogen and oxygen atoms in total. The van der Waals surface area contributed by atoms with Crippen molar-refractivity contribution in [3.63, 3.8) is 0 Å². The van der Waals surface area contributed by atoms with Crippen LogP contribution in [-0.2, 0) is 6.54 Å². The van der Waals surface area contributed by atoms with Crippen molar-refractivity contribution in [1.29, 1.82) is 0 Å². The van der Waals surface area contributed by atoms with Gasteiger partial charge in [0, 0.05) is 31.7 Å². The van der Waals surface area contributed by atoms with E-state index in [4.69, 9.17) is 4.74 Å². The van der Waals surface area contributed by atoms with Gasteiger partial charge >= 0.3 is 0 Å². The Balaban J connectivity index is 1.29. The summed E-state index contributed by atoms with van der Waals surface area (Å²) in [5, 5.41) is 12.5. The number of hydrogen-bond acceptors (Lipinski definition) is 6. The summed E-state index contributed by atoms with van der Waals surface area (Å²) >= 11 is 0. The predicted octanol–water partition coefficient (Wildman–Crippen LogP) is 1.74. The highest BCUT2D eigenvalue weighted by molar-refractivity contribution is 5.46. The van der Waals surface area contributed by atoms with Gasteiger partial charge in [0.05, 0.1) is 7.11 Å². The molecule has 0 N–H and O–H groups in total. The van der Waals surface area contributed by atoms with Crippen molar-refractivity contribution in [1.82, 2.24) is 24.7 Å². The van der Waals surface area contributed by atoms with Gasteiger partial charge in [0.1, 0.15) is 12.1 Å². The third-order valence-electron chi connectivity index (χ3n) is 5.40. The molecule has 0 spiro atoms. The molecule has 5 heterocycles. The number of methoxy groups -OCH3 is 1. The lowest BCUT2D eigenvalue weighted by Crippen LogP contribution is -2.68. The van der Waals surface area contributed by atoms with Gasteiger partial charge in [-0.3, -0.25) is 4.90 Å². The number of piperidine rings is 1. The number of rotatable bonds is 4. The Hall–Kier alpha value is -2.74. The summed E-state index contributed by atoms with van der Waals surface area (Å²) in [5.41, 5.74) is 1.73. The molecule has 3 fully saturated rings. The van der Waals surface area contributed by atoms with E-state index in [0.717, 1.165) is 36.7 Å². The fraction of sp³-hybridized carbons (Fsp3) is 0.389. The van der Waals surface area contributed by atoms with Gasteiger partial charge in [-0.15, -0.1) is 15.3 Å². The van der Waals surface area contributed by atoms with Crippen LogP contribution < -0.4 is 9.64 Å². The maximum atomic E-state index is 13.9. The number of fused-ring (bicyclic) bond motifs is 3. The van der Waals surface area contributed by atoms with Gasteiger partial charge < -0.3 is 9.64 Å². The molecular weight excluding hydrogens is 335 g/mol. The van der Waals surface area contributed by atoms with E-state index in [0.29, 0.717) is 17.8 Å². The SMILES string of the molecule is COc1ccc(CN2C3CC2CN(c2ccc4nncn4n2)C3)cc1F. The molecule has 2 unspecified atom stereocenters. The smallest absolute Gasteiger partial charge is 0.177 e. The number of anilines is 1. The third-order valence-corrected chi connectivity index (χ3v) is 5.40. The summed E-state index contributed by atoms with van der Waals surface area (Å²) in [5.74, 6) is 0.935. The van der Waals surface area contributed by atoms with E-state index < -0.39 is 0 Å². The summed E-state index contributed by atoms with van der Waals surface area (Å²) in [6.07, 6.45) is 2.80. The zero-order valence-electron chi connectivity index (χ0n) is 14.4. The molecule has 26 heavy (non-hydrogen) atoms. The average Bonchev–Trinajstić information content (AvgIpc) is 3.14. The van der Waals surface area contributed by atoms with Gasteiger partial charge in [0.15, 0.2) is 17.2 Å². The van der Waals surface area contributed by atoms with Crippen molar-refractivity contribution in [3.8, 4) is 5.75 Å². The first-order valence-electron chi connectivity index (χ1n) is 8.71. The predicted molar refractivity (Wildman–Crippen MR) is 93.7 cm³/mol. The largest absolute Gasteiger partial charge is 0.494 e. The van der Waals surface area contributed by atoms with Crippen molar-refractivity contribution in [2.24, 2.45) is 0 Å². The number of ether oxygens (including phenoxy) is 1. The maximum absolute atomic E-state index is 13.9. The van der Waals surface area contributed by atoms with Crippen LogP contribution in [0.4, 0.5) is 10.2 Å². The summed E-state index contributed by atoms with van der Waals surface area (Å²) in [7, 11) is 1.48. The fourth-order valence-electron chi connectivity index (χ4n) is 4.04. The first kappa shape index (κ1) is 15.5. The molecule has 0 amide bonds. The minimum absolute atomic E-state index is 0.291. The van der Waals surface area contributed by atoms with Crippen LogP contribution in [0.1, 0.15) is 12.0 Å². The second-order valence-corrected chi connectivity index (χ2v) is 6.91. The van der Waals surface area contributed by atoms with Crippen molar-refractivity contribution in [3.05, 3.63) is 48.0 Å². The van der Waals surface area contributed by atoms with Crippen molar-refractivity contribution >= 4 is 11.5 Å². The molecule has 3 aliphatic rings. The van der Waals surface area contributed by atoms with Gasteiger partial charge in [0.25, 0.3) is 0 Å². The zero-order valence-corrected chi connectivity index (χ0v) is 14.4. The molecule has 0 aliphatic carbocycles. The van der Waals surface area contributed by atoms with Gasteiger partial charge in [-0.1, -0.05) is 6.07 Å². The average molecular weight is 354 g/mol. The minimum Gasteiger partial charge on any atom is -0.494 e. The highest BCUT2D eigenvalue weighted by Crippen LogP contribution is 2.35. The molecule has 8 heteroatoms. The monoisotopic (exact) mass is 354 g/mol. The zero-order chi connectivity index (χ0) is 17.7. The standard InChI is InChI=1S/C18H19FN6O/c1-26-16-3-2-12(6-15(16)19)8-24-13-7-14(24)10-23(9-13)18-5-4-17-21-20-11-25(17)22-18/h2-6,11,13-14H,7-10H2,1H3. The Morgan fingerprint density at radius 1 is 1.19 bits per heavy atom. The lowest BCUT2D eigenvalue weighted by Gasteiger charge is -2.56. The number of nitrogens with zero attached hydrogens (tertiary/aromatic N) is 6. The van der Waals surface area contributed by atoms with Crippen LogP contribution in [0, 0.1) is 5.82 Å². The van der Waals surface area contributed by atoms with Gasteiger partial charge in [-0.25, -0.2) is 4.39 Å². The van der Waals surface area contributed by atoms with Crippen LogP contribution in [0.15, 0.2) is 36.7 Å². The maximum Gasteiger partial charge on any atom is 0.177 e. The lowest BCUT2D eigenvalue weighted by molar-refractivity contribution is -0.00881. The van der Waals surface area contributed by atoms with Gasteiger partial charge in [0.2, 0.25) is 0 Å². The Bertz CT molecular complexity index is 948. The highest BCUT2D eigenvalue weighted by atomic mass is 19.1. The van der Waals surface area contributed by atoms with Crippen molar-refractivity contribution in [2.45, 2.75) is 25.0 Å². The molecule has 134 valence electrons. The minimum atomic E-state index is -0.302. The van der Waals surface area contributed by atoms with E-state index in [1.54, 1.807) is 23.0 Å². The van der Waals surface area contributed by atoms with Crippen molar-refractivity contribution < 1.29 is 9.13 Å². The molecule has 0 saturated carbocycles. The van der Waals surface area contributed by atoms with Crippen LogP contribution in [0.2, 0.25) is 0 Å². The van der Waals surface area contributed by atoms with E-state index in [1.807, 2.05) is 18.2 Å². The second kappa shape index (κ2) is 5.91. The number of benzene rings is 1. The Labute approximate surface area is 150 Å². The highest BCUT2D eigenvalue weighted by Gasteiger charge is 2.44. The quantitative estimate of drug-likeness (QED) is 0.711. The Morgan fingerprint density at radius 2 is 2.04 bits per heavy atom. The molecule has 3 saturated heterocycles. The van der Waals surface area contributed by atoms with E-state index in [9.17, 15) is 4.39 Å². The molecule has 3 aromatic rings. The van der Waals surface area contributed by atoms with Crippen LogP contribution in [0.3, 0.4) is 0 Å². The van der Waals surface area contributed by atoms with E-state index in [1.165, 1.54) is 13.5 Å². The third kappa shape index (κ3) is 2.48. The first-order valence-corrected chi connectivity index (χ1v) is 8.71. The molecule has 6 rings (SSSR count). The van der Waals surface area contributed by atoms with Crippen LogP contribution >= 0.6 is 0 Å². The van der Waals surface area contributed by atoms with Crippen LogP contribution in [-0.4, -0.2) is 57.0 Å². The van der Waals surface area contributed by atoms with E-state index in [-0.39, 0.29) is 5.82 Å². The summed E-state index contributed by atoms with van der Waals surface area (Å²) in [6.45, 7) is 2.62. The normalized spacial score (nSPS) is 22.5. The van der Waals surface area contributed by atoms with Crippen LogP contribution in [0.25, 0.3) is 5.65 Å². The van der Waals surface area contributed by atoms with Gasteiger partial charge in [-0.05, 0) is 36.2 Å². The molecule has 3 aliphatic heterocycles. The van der Waals surface area contributed by atoms with E-state index in [2.05, 4.69) is 25.1 Å². The summed E-state index contributed by atoms with van der Waals surface area (Å²) in [4.78, 5) is 4.76. The van der Waals surface area contributed by atoms with E-state index >= 15 is 0 Å². The number of aromatic nitrogens is 4. The molecule has 1 aromatic carbocycles. The Morgan fingerprint density at radius 3 is 2.81 bits per heavy atom. The number of piperazine rings is 1. The molecule has 2 atom stereocenters. The first-order chi connectivity index (χ1) is 12.7. The Kier molecular flexibility index (Phi) is 3.53. The molecule has 2 aromatic heterocycles. The molecular formula is C18H19FN6O. The van der Waals surface area contributed by atoms with Crippen LogP contribution in [0.5, 0.6) is 5.75 Å². The topological polar surface area (TPSA) is 58.8 Å². The summed E-state index contributed by atoms with van der Waals surface area (Å²) in [6, 6.07) is 10.1.